The highest BCUT2D eigenvalue weighted by atomic mass is 35.5. The summed E-state index contributed by atoms with van der Waals surface area (Å²) in [6.45, 7) is 0. The van der Waals surface area contributed by atoms with E-state index in [1.807, 2.05) is 0 Å². The summed E-state index contributed by atoms with van der Waals surface area (Å²) < 4.78 is 22.0. The lowest BCUT2D eigenvalue weighted by atomic mass is 10.2. The Hall–Kier alpha value is -1.74. The Kier molecular flexibility index (Phi) is 5.40. The number of carboxylic acids is 1. The van der Waals surface area contributed by atoms with Crippen molar-refractivity contribution in [2.45, 2.75) is 12.5 Å². The van der Waals surface area contributed by atoms with Gasteiger partial charge >= 0.3 is 5.97 Å². The van der Waals surface area contributed by atoms with Crippen LogP contribution in [-0.2, 0) is 14.6 Å². The average Bonchev–Trinajstić information content (AvgIpc) is 2.33. The number of nitrogens with one attached hydrogen (secondary N) is 1. The van der Waals surface area contributed by atoms with Crippen LogP contribution in [0, 0.1) is 0 Å². The quantitative estimate of drug-likeness (QED) is 0.739. The fraction of sp³-hybridized carbons (Fsp3) is 0.400. The first-order chi connectivity index (χ1) is 9.19. The third-order valence-corrected chi connectivity index (χ3v) is 3.41. The minimum Gasteiger partial charge on any atom is -0.480 e. The third-order valence-electron chi connectivity index (χ3n) is 2.23. The second-order valence-electron chi connectivity index (χ2n) is 4.01. The monoisotopic (exact) mass is 321 g/mol. The molecule has 1 amide bonds. The van der Waals surface area contributed by atoms with Crippen LogP contribution in [0.25, 0.3) is 0 Å². The zero-order valence-electron chi connectivity index (χ0n) is 10.4. The molecule has 1 aromatic rings. The van der Waals surface area contributed by atoms with Crippen LogP contribution >= 0.6 is 11.6 Å². The van der Waals surface area contributed by atoms with Gasteiger partial charge in [0.15, 0.2) is 0 Å². The maximum Gasteiger partial charge on any atom is 0.326 e. The number of carbonyl (C=O) groups excluding carboxylic acids is 1. The van der Waals surface area contributed by atoms with Crippen LogP contribution in [0.4, 0.5) is 0 Å². The molecule has 0 aromatic carbocycles. The molecule has 8 nitrogen and oxygen atoms in total. The molecule has 0 saturated carbocycles. The van der Waals surface area contributed by atoms with Crippen LogP contribution in [0.3, 0.4) is 0 Å². The van der Waals surface area contributed by atoms with Gasteiger partial charge in [-0.25, -0.2) is 23.2 Å². The first kappa shape index (κ1) is 16.3. The summed E-state index contributed by atoms with van der Waals surface area (Å²) in [5.74, 6) is -2.45. The van der Waals surface area contributed by atoms with Crippen molar-refractivity contribution in [3.8, 4) is 0 Å². The number of rotatable bonds is 6. The SMILES string of the molecule is CS(=O)(=O)CCC(NC(=O)c1cnc(Cl)cn1)C(=O)O. The van der Waals surface area contributed by atoms with Gasteiger partial charge in [0, 0.05) is 6.26 Å². The standard InChI is InChI=1S/C10H12ClN3O5S/c1-20(18,19)3-2-6(10(16)17)14-9(15)7-4-13-8(11)5-12-7/h4-6H,2-3H2,1H3,(H,14,15)(H,16,17). The highest BCUT2D eigenvalue weighted by Gasteiger charge is 2.22. The summed E-state index contributed by atoms with van der Waals surface area (Å²) in [5, 5.41) is 11.2. The molecule has 110 valence electrons. The number of hydrogen-bond acceptors (Lipinski definition) is 6. The van der Waals surface area contributed by atoms with Gasteiger partial charge in [-0.05, 0) is 6.42 Å². The topological polar surface area (TPSA) is 126 Å². The van der Waals surface area contributed by atoms with Gasteiger partial charge < -0.3 is 10.4 Å². The van der Waals surface area contributed by atoms with Gasteiger partial charge in [0.1, 0.15) is 26.7 Å². The van der Waals surface area contributed by atoms with Crippen LogP contribution in [-0.4, -0.2) is 53.4 Å². The highest BCUT2D eigenvalue weighted by molar-refractivity contribution is 7.90. The largest absolute Gasteiger partial charge is 0.480 e. The van der Waals surface area contributed by atoms with Crippen LogP contribution in [0.2, 0.25) is 5.15 Å². The van der Waals surface area contributed by atoms with Gasteiger partial charge in [-0.3, -0.25) is 4.79 Å². The van der Waals surface area contributed by atoms with Crippen molar-refractivity contribution in [1.82, 2.24) is 15.3 Å². The first-order valence-electron chi connectivity index (χ1n) is 5.38. The van der Waals surface area contributed by atoms with E-state index in [-0.39, 0.29) is 23.0 Å². The number of sulfone groups is 1. The van der Waals surface area contributed by atoms with Crippen molar-refractivity contribution in [2.75, 3.05) is 12.0 Å². The molecule has 0 saturated heterocycles. The molecule has 1 rings (SSSR count). The van der Waals surface area contributed by atoms with Crippen molar-refractivity contribution >= 4 is 33.3 Å². The fourth-order valence-electron chi connectivity index (χ4n) is 1.25. The van der Waals surface area contributed by atoms with E-state index >= 15 is 0 Å². The van der Waals surface area contributed by atoms with Crippen molar-refractivity contribution in [2.24, 2.45) is 0 Å². The van der Waals surface area contributed by atoms with Crippen LogP contribution in [0.1, 0.15) is 16.9 Å². The van der Waals surface area contributed by atoms with Gasteiger partial charge in [-0.1, -0.05) is 11.6 Å². The normalized spacial score (nSPS) is 12.7. The van der Waals surface area contributed by atoms with E-state index < -0.39 is 27.8 Å². The van der Waals surface area contributed by atoms with E-state index in [2.05, 4.69) is 15.3 Å². The number of nitrogens with zero attached hydrogens (tertiary/aromatic N) is 2. The predicted octanol–water partition coefficient (Wildman–Crippen LogP) is -0.252. The van der Waals surface area contributed by atoms with E-state index in [0.29, 0.717) is 0 Å². The van der Waals surface area contributed by atoms with Crippen molar-refractivity contribution in [1.29, 1.82) is 0 Å². The summed E-state index contributed by atoms with van der Waals surface area (Å²) >= 11 is 5.51. The second-order valence-corrected chi connectivity index (χ2v) is 6.65. The molecular formula is C10H12ClN3O5S. The smallest absolute Gasteiger partial charge is 0.326 e. The van der Waals surface area contributed by atoms with E-state index in [9.17, 15) is 18.0 Å². The minimum atomic E-state index is -3.32. The summed E-state index contributed by atoms with van der Waals surface area (Å²) in [5.41, 5.74) is -0.111. The molecule has 0 spiro atoms. The number of halogens is 1. The molecule has 0 aliphatic heterocycles. The molecule has 0 aliphatic rings. The third kappa shape index (κ3) is 5.49. The van der Waals surface area contributed by atoms with E-state index in [1.54, 1.807) is 0 Å². The summed E-state index contributed by atoms with van der Waals surface area (Å²) in [7, 11) is -3.32. The van der Waals surface area contributed by atoms with Crippen molar-refractivity contribution in [3.05, 3.63) is 23.2 Å². The molecule has 0 bridgehead atoms. The summed E-state index contributed by atoms with van der Waals surface area (Å²) in [6.07, 6.45) is 2.98. The Morgan fingerprint density at radius 3 is 2.50 bits per heavy atom. The van der Waals surface area contributed by atoms with E-state index in [0.717, 1.165) is 18.6 Å². The molecule has 10 heteroatoms. The Morgan fingerprint density at radius 1 is 1.40 bits per heavy atom. The molecule has 1 heterocycles. The number of aliphatic carboxylic acids is 1. The molecule has 1 aromatic heterocycles. The second kappa shape index (κ2) is 6.62. The van der Waals surface area contributed by atoms with E-state index in [1.165, 1.54) is 0 Å². The fourth-order valence-corrected chi connectivity index (χ4v) is 2.01. The zero-order chi connectivity index (χ0) is 15.3. The molecule has 1 atom stereocenters. The van der Waals surface area contributed by atoms with Gasteiger partial charge in [0.05, 0.1) is 18.1 Å². The Morgan fingerprint density at radius 2 is 2.05 bits per heavy atom. The minimum absolute atomic E-state index is 0.0911. The van der Waals surface area contributed by atoms with Gasteiger partial charge in [0.2, 0.25) is 0 Å². The summed E-state index contributed by atoms with van der Waals surface area (Å²) in [4.78, 5) is 30.0. The van der Waals surface area contributed by atoms with Crippen LogP contribution in [0.15, 0.2) is 12.4 Å². The lowest BCUT2D eigenvalue weighted by Crippen LogP contribution is -2.42. The average molecular weight is 322 g/mol. The highest BCUT2D eigenvalue weighted by Crippen LogP contribution is 2.03. The number of carboxylic acid groups (broad SMARTS) is 1. The molecule has 1 unspecified atom stereocenters. The van der Waals surface area contributed by atoms with Gasteiger partial charge in [0.25, 0.3) is 5.91 Å². The Labute approximate surface area is 120 Å². The lowest BCUT2D eigenvalue weighted by Gasteiger charge is -2.13. The molecule has 0 radical (unpaired) electrons. The lowest BCUT2D eigenvalue weighted by molar-refractivity contribution is -0.139. The number of carbonyl (C=O) groups is 2. The molecule has 0 fully saturated rings. The maximum atomic E-state index is 11.7. The number of hydrogen-bond donors (Lipinski definition) is 2. The van der Waals surface area contributed by atoms with Crippen molar-refractivity contribution < 1.29 is 23.1 Å². The first-order valence-corrected chi connectivity index (χ1v) is 7.82. The predicted molar refractivity (Wildman–Crippen MR) is 70.3 cm³/mol. The Bertz CT molecular complexity index is 602. The molecule has 20 heavy (non-hydrogen) atoms. The molecular weight excluding hydrogens is 310 g/mol. The maximum absolute atomic E-state index is 11.7. The van der Waals surface area contributed by atoms with Gasteiger partial charge in [-0.2, -0.15) is 0 Å². The number of aromatic nitrogens is 2. The molecule has 0 aliphatic carbocycles. The molecule has 2 N–H and O–H groups in total. The Balaban J connectivity index is 2.73. The van der Waals surface area contributed by atoms with Crippen LogP contribution in [0.5, 0.6) is 0 Å². The zero-order valence-corrected chi connectivity index (χ0v) is 12.0. The number of amides is 1. The summed E-state index contributed by atoms with van der Waals surface area (Å²) in [6, 6.07) is -1.32. The van der Waals surface area contributed by atoms with Gasteiger partial charge in [-0.15, -0.1) is 0 Å². The van der Waals surface area contributed by atoms with E-state index in [4.69, 9.17) is 16.7 Å². The van der Waals surface area contributed by atoms with Crippen LogP contribution < -0.4 is 5.32 Å². The van der Waals surface area contributed by atoms with Crippen molar-refractivity contribution in [3.63, 3.8) is 0 Å².